The Labute approximate surface area is 210 Å². The van der Waals surface area contributed by atoms with Crippen LogP contribution in [0.4, 0.5) is 0 Å². The first-order valence-corrected chi connectivity index (χ1v) is 12.7. The minimum atomic E-state index is -0.199. The summed E-state index contributed by atoms with van der Waals surface area (Å²) in [6.07, 6.45) is 1.44. The third-order valence-corrected chi connectivity index (χ3v) is 7.78. The Morgan fingerprint density at radius 3 is 2.61 bits per heavy atom. The number of nitrogens with one attached hydrogen (secondary N) is 1. The topological polar surface area (TPSA) is 96.0 Å². The van der Waals surface area contributed by atoms with Crippen LogP contribution in [0.1, 0.15) is 45.6 Å². The average molecular weight is 489 g/mol. The maximum Gasteiger partial charge on any atom is 0.258 e. The summed E-state index contributed by atoms with van der Waals surface area (Å²) < 4.78 is 0. The van der Waals surface area contributed by atoms with Crippen LogP contribution in [-0.2, 0) is 31.0 Å². The average Bonchev–Trinajstić information content (AvgIpc) is 3.58. The third kappa shape index (κ3) is 4.33. The van der Waals surface area contributed by atoms with Crippen LogP contribution in [0.2, 0.25) is 0 Å². The molecule has 9 nitrogen and oxygen atoms in total. The fraction of sp³-hybridized carbons (Fsp3) is 0.444. The Hall–Kier alpha value is -3.43. The maximum absolute atomic E-state index is 13.5. The summed E-state index contributed by atoms with van der Waals surface area (Å²) in [6.45, 7) is 7.47. The van der Waals surface area contributed by atoms with E-state index in [0.29, 0.717) is 31.6 Å². The molecule has 0 spiro atoms. The van der Waals surface area contributed by atoms with Crippen LogP contribution < -0.4 is 0 Å². The number of benzene rings is 2. The highest BCUT2D eigenvalue weighted by Crippen LogP contribution is 2.31. The lowest BCUT2D eigenvalue weighted by Gasteiger charge is -2.32. The van der Waals surface area contributed by atoms with Crippen molar-refractivity contribution in [3.63, 3.8) is 0 Å². The number of nitrogens with zero attached hydrogens (tertiary/aromatic N) is 5. The Balaban J connectivity index is 1.19. The van der Waals surface area contributed by atoms with Gasteiger partial charge in [0, 0.05) is 70.2 Å². The summed E-state index contributed by atoms with van der Waals surface area (Å²) in [5, 5.41) is 18.7. The second-order valence-electron chi connectivity index (χ2n) is 10.4. The van der Waals surface area contributed by atoms with Gasteiger partial charge in [-0.2, -0.15) is 5.10 Å². The number of hydrogen-bond donors (Lipinski definition) is 2. The molecule has 6 rings (SSSR count). The van der Waals surface area contributed by atoms with E-state index < -0.39 is 0 Å². The molecular formula is C27H32N6O3. The summed E-state index contributed by atoms with van der Waals surface area (Å²) >= 11 is 0. The van der Waals surface area contributed by atoms with Gasteiger partial charge in [0.15, 0.2) is 0 Å². The summed E-state index contributed by atoms with van der Waals surface area (Å²) in [5.41, 5.74) is 5.24. The Morgan fingerprint density at radius 2 is 1.83 bits per heavy atom. The number of piperazine rings is 1. The molecule has 0 radical (unpaired) electrons. The molecule has 0 aliphatic carbocycles. The van der Waals surface area contributed by atoms with Crippen molar-refractivity contribution in [3.05, 3.63) is 58.3 Å². The van der Waals surface area contributed by atoms with Gasteiger partial charge >= 0.3 is 0 Å². The monoisotopic (exact) mass is 488 g/mol. The molecule has 0 bridgehead atoms. The number of carbonyl (C=O) groups excluding carboxylic acids is 2. The van der Waals surface area contributed by atoms with Gasteiger partial charge in [-0.05, 0) is 36.2 Å². The van der Waals surface area contributed by atoms with Crippen LogP contribution in [0.15, 0.2) is 30.3 Å². The molecular weight excluding hydrogens is 456 g/mol. The molecule has 9 heteroatoms. The Morgan fingerprint density at radius 1 is 1.03 bits per heavy atom. The van der Waals surface area contributed by atoms with Crippen LogP contribution in [0.3, 0.4) is 0 Å². The number of likely N-dealkylation sites (N-methyl/N-ethyl adjacent to an activating group) is 1. The van der Waals surface area contributed by atoms with Gasteiger partial charge in [0.2, 0.25) is 5.91 Å². The second kappa shape index (κ2) is 9.22. The standard InChI is InChI=1S/C27H32N6O3/c1-30-7-9-31(10-8-30)14-18-4-5-19-15-33(16-20(19)11-18)27(36)22-12-21-23(13-25(22)34)28-29-24(21)17-32-6-2-3-26(32)35/h4-5,11-13,34H,2-3,6-10,14-17H2,1H3,(H,28,29). The van der Waals surface area contributed by atoms with Crippen LogP contribution in [0, 0.1) is 0 Å². The molecule has 2 N–H and O–H groups in total. The van der Waals surface area contributed by atoms with E-state index in [2.05, 4.69) is 45.2 Å². The van der Waals surface area contributed by atoms with E-state index in [1.807, 2.05) is 0 Å². The Bertz CT molecular complexity index is 1330. The van der Waals surface area contributed by atoms with Crippen molar-refractivity contribution in [3.8, 4) is 5.75 Å². The molecule has 36 heavy (non-hydrogen) atoms. The fourth-order valence-corrected chi connectivity index (χ4v) is 5.58. The van der Waals surface area contributed by atoms with Crippen LogP contribution >= 0.6 is 0 Å². The molecule has 0 atom stereocenters. The largest absolute Gasteiger partial charge is 0.507 e. The summed E-state index contributed by atoms with van der Waals surface area (Å²) in [4.78, 5) is 34.0. The molecule has 0 unspecified atom stereocenters. The van der Waals surface area contributed by atoms with Gasteiger partial charge in [0.1, 0.15) is 5.75 Å². The number of hydrogen-bond acceptors (Lipinski definition) is 6. The van der Waals surface area contributed by atoms with Crippen molar-refractivity contribution in [2.24, 2.45) is 0 Å². The second-order valence-corrected chi connectivity index (χ2v) is 10.4. The first-order chi connectivity index (χ1) is 17.4. The molecule has 1 aromatic heterocycles. The zero-order valence-electron chi connectivity index (χ0n) is 20.7. The molecule has 2 amide bonds. The number of amides is 2. The highest BCUT2D eigenvalue weighted by Gasteiger charge is 2.28. The first-order valence-electron chi connectivity index (χ1n) is 12.7. The number of phenolic OH excluding ortho intramolecular Hbond substituents is 1. The highest BCUT2D eigenvalue weighted by atomic mass is 16.3. The molecule has 2 fully saturated rings. The summed E-state index contributed by atoms with van der Waals surface area (Å²) in [7, 11) is 2.16. The predicted molar refractivity (Wildman–Crippen MR) is 135 cm³/mol. The molecule has 2 saturated heterocycles. The van der Waals surface area contributed by atoms with Gasteiger partial charge in [0.05, 0.1) is 23.3 Å². The van der Waals surface area contributed by atoms with Gasteiger partial charge in [-0.1, -0.05) is 18.2 Å². The van der Waals surface area contributed by atoms with Gasteiger partial charge in [-0.3, -0.25) is 19.6 Å². The van der Waals surface area contributed by atoms with E-state index in [9.17, 15) is 14.7 Å². The van der Waals surface area contributed by atoms with Crippen molar-refractivity contribution >= 4 is 22.7 Å². The maximum atomic E-state index is 13.5. The normalized spacial score (nSPS) is 19.0. The van der Waals surface area contributed by atoms with E-state index in [0.717, 1.165) is 62.3 Å². The number of H-pyrrole nitrogens is 1. The van der Waals surface area contributed by atoms with E-state index in [1.54, 1.807) is 15.9 Å². The number of fused-ring (bicyclic) bond motifs is 2. The van der Waals surface area contributed by atoms with Gasteiger partial charge in [-0.25, -0.2) is 0 Å². The number of likely N-dealkylation sites (tertiary alicyclic amines) is 1. The quantitative estimate of drug-likeness (QED) is 0.572. The van der Waals surface area contributed by atoms with E-state index in [-0.39, 0.29) is 23.1 Å². The van der Waals surface area contributed by atoms with Gasteiger partial charge in [-0.15, -0.1) is 0 Å². The summed E-state index contributed by atoms with van der Waals surface area (Å²) in [6, 6.07) is 9.79. The number of aromatic amines is 1. The third-order valence-electron chi connectivity index (χ3n) is 7.78. The number of aromatic nitrogens is 2. The lowest BCUT2D eigenvalue weighted by Crippen LogP contribution is -2.43. The number of carbonyl (C=O) groups is 2. The SMILES string of the molecule is CN1CCN(Cc2ccc3c(c2)CN(C(=O)c2cc4c(CN5CCCC5=O)[nH]nc4cc2O)C3)CC1. The molecule has 188 valence electrons. The molecule has 2 aromatic carbocycles. The number of phenols is 1. The van der Waals surface area contributed by atoms with Crippen molar-refractivity contribution in [1.82, 2.24) is 29.8 Å². The van der Waals surface area contributed by atoms with E-state index in [4.69, 9.17) is 0 Å². The lowest BCUT2D eigenvalue weighted by molar-refractivity contribution is -0.128. The molecule has 3 aliphatic heterocycles. The number of aromatic hydroxyl groups is 1. The van der Waals surface area contributed by atoms with E-state index >= 15 is 0 Å². The predicted octanol–water partition coefficient (Wildman–Crippen LogP) is 2.29. The summed E-state index contributed by atoms with van der Waals surface area (Å²) in [5.74, 6) is -0.139. The molecule has 3 aromatic rings. The van der Waals surface area contributed by atoms with Crippen LogP contribution in [0.25, 0.3) is 10.9 Å². The smallest absolute Gasteiger partial charge is 0.258 e. The molecule has 3 aliphatic rings. The van der Waals surface area contributed by atoms with Crippen LogP contribution in [0.5, 0.6) is 5.75 Å². The zero-order chi connectivity index (χ0) is 24.8. The van der Waals surface area contributed by atoms with Crippen molar-refractivity contribution < 1.29 is 14.7 Å². The molecule has 4 heterocycles. The minimum Gasteiger partial charge on any atom is -0.507 e. The highest BCUT2D eigenvalue weighted by molar-refractivity contribution is 6.01. The number of rotatable bonds is 5. The lowest BCUT2D eigenvalue weighted by atomic mass is 10.1. The zero-order valence-corrected chi connectivity index (χ0v) is 20.7. The van der Waals surface area contributed by atoms with Crippen LogP contribution in [-0.4, -0.2) is 86.5 Å². The fourth-order valence-electron chi connectivity index (χ4n) is 5.58. The Kier molecular flexibility index (Phi) is 5.89. The van der Waals surface area contributed by atoms with Gasteiger partial charge < -0.3 is 19.8 Å². The van der Waals surface area contributed by atoms with Crippen molar-refractivity contribution in [2.75, 3.05) is 39.8 Å². The van der Waals surface area contributed by atoms with Gasteiger partial charge in [0.25, 0.3) is 5.91 Å². The van der Waals surface area contributed by atoms with Crippen molar-refractivity contribution in [2.45, 2.75) is 39.0 Å². The minimum absolute atomic E-state index is 0.0745. The van der Waals surface area contributed by atoms with E-state index in [1.165, 1.54) is 17.2 Å². The molecule has 0 saturated carbocycles. The first kappa shape index (κ1) is 23.0. The van der Waals surface area contributed by atoms with Crippen molar-refractivity contribution in [1.29, 1.82) is 0 Å².